The molecule has 24 heavy (non-hydrogen) atoms. The number of hydrogen-bond acceptors (Lipinski definition) is 3. The zero-order valence-electron chi connectivity index (χ0n) is 15.2. The lowest BCUT2D eigenvalue weighted by molar-refractivity contribution is -0.154. The van der Waals surface area contributed by atoms with Crippen molar-refractivity contribution in [3.63, 3.8) is 0 Å². The molecule has 0 saturated heterocycles. The van der Waals surface area contributed by atoms with Crippen molar-refractivity contribution < 1.29 is 19.8 Å². The van der Waals surface area contributed by atoms with Crippen LogP contribution in [0.2, 0.25) is 0 Å². The van der Waals surface area contributed by atoms with Crippen LogP contribution in [0, 0.1) is 5.92 Å². The van der Waals surface area contributed by atoms with Gasteiger partial charge in [-0.05, 0) is 19.4 Å². The number of rotatable bonds is 18. The van der Waals surface area contributed by atoms with E-state index in [1.54, 1.807) is 0 Å². The maximum Gasteiger partial charge on any atom is 0.317 e. The van der Waals surface area contributed by atoms with Crippen molar-refractivity contribution >= 4 is 11.9 Å². The molecule has 0 aromatic carbocycles. The fourth-order valence-corrected chi connectivity index (χ4v) is 2.97. The van der Waals surface area contributed by atoms with E-state index in [-0.39, 0.29) is 6.42 Å². The number of unbranched alkanes of at least 4 members (excludes halogenated alkanes) is 13. The molecule has 0 atom stereocenters. The number of carboxylic acid groups (broad SMARTS) is 2. The van der Waals surface area contributed by atoms with Gasteiger partial charge in [0.1, 0.15) is 0 Å². The minimum atomic E-state index is -1.24. The van der Waals surface area contributed by atoms with Gasteiger partial charge in [-0.25, -0.2) is 0 Å². The first-order valence-electron chi connectivity index (χ1n) is 9.75. The Kier molecular flexibility index (Phi) is 16.0. The van der Waals surface area contributed by atoms with E-state index in [2.05, 4.69) is 0 Å². The van der Waals surface area contributed by atoms with Gasteiger partial charge in [0.05, 0.1) is 0 Å². The third-order valence-electron chi connectivity index (χ3n) is 4.54. The van der Waals surface area contributed by atoms with Gasteiger partial charge in [0, 0.05) is 0 Å². The summed E-state index contributed by atoms with van der Waals surface area (Å²) in [6, 6.07) is 0. The number of carbonyl (C=O) groups is 2. The summed E-state index contributed by atoms with van der Waals surface area (Å²) in [7, 11) is 0. The quantitative estimate of drug-likeness (QED) is 0.250. The molecule has 0 aliphatic rings. The van der Waals surface area contributed by atoms with Crippen LogP contribution < -0.4 is 5.73 Å². The smallest absolute Gasteiger partial charge is 0.317 e. The monoisotopic (exact) mass is 343 g/mol. The molecule has 0 aromatic heterocycles. The van der Waals surface area contributed by atoms with Gasteiger partial charge in [-0.1, -0.05) is 83.5 Å². The molecule has 0 rings (SSSR count). The molecule has 0 bridgehead atoms. The Bertz CT molecular complexity index is 306. The molecule has 0 fully saturated rings. The second-order valence-corrected chi connectivity index (χ2v) is 6.76. The molecular weight excluding hydrogens is 306 g/mol. The average Bonchev–Trinajstić information content (AvgIpc) is 2.53. The van der Waals surface area contributed by atoms with Gasteiger partial charge in [-0.2, -0.15) is 0 Å². The fraction of sp³-hybridized carbons (Fsp3) is 0.895. The van der Waals surface area contributed by atoms with Crippen LogP contribution in [0.5, 0.6) is 0 Å². The lowest BCUT2D eigenvalue weighted by Gasteiger charge is -2.07. The fourth-order valence-electron chi connectivity index (χ4n) is 2.97. The molecule has 0 radical (unpaired) electrons. The largest absolute Gasteiger partial charge is 0.481 e. The van der Waals surface area contributed by atoms with Crippen LogP contribution in [-0.2, 0) is 9.59 Å². The van der Waals surface area contributed by atoms with Crippen molar-refractivity contribution in [3.05, 3.63) is 0 Å². The summed E-state index contributed by atoms with van der Waals surface area (Å²) < 4.78 is 0. The van der Waals surface area contributed by atoms with E-state index in [1.807, 2.05) is 0 Å². The molecular formula is C19H37NO4. The molecule has 0 aromatic rings. The van der Waals surface area contributed by atoms with E-state index in [4.69, 9.17) is 15.9 Å². The van der Waals surface area contributed by atoms with Gasteiger partial charge in [-0.3, -0.25) is 9.59 Å². The van der Waals surface area contributed by atoms with Crippen LogP contribution in [-0.4, -0.2) is 28.7 Å². The second kappa shape index (κ2) is 16.7. The van der Waals surface area contributed by atoms with E-state index in [0.717, 1.165) is 25.8 Å². The predicted octanol–water partition coefficient (Wildman–Crippen LogP) is 4.58. The minimum Gasteiger partial charge on any atom is -0.481 e. The van der Waals surface area contributed by atoms with Crippen LogP contribution >= 0.6 is 0 Å². The van der Waals surface area contributed by atoms with Gasteiger partial charge >= 0.3 is 11.9 Å². The van der Waals surface area contributed by atoms with Crippen LogP contribution in [0.15, 0.2) is 0 Å². The van der Waals surface area contributed by atoms with Gasteiger partial charge in [0.15, 0.2) is 5.92 Å². The topological polar surface area (TPSA) is 101 Å². The molecule has 0 saturated carbocycles. The highest BCUT2D eigenvalue weighted by Crippen LogP contribution is 2.15. The Hall–Kier alpha value is -1.10. The van der Waals surface area contributed by atoms with Gasteiger partial charge in [0.2, 0.25) is 0 Å². The summed E-state index contributed by atoms with van der Waals surface area (Å²) in [4.78, 5) is 21.5. The Labute approximate surface area is 147 Å². The van der Waals surface area contributed by atoms with E-state index < -0.39 is 17.9 Å². The third kappa shape index (κ3) is 14.5. The molecule has 0 unspecified atom stereocenters. The lowest BCUT2D eigenvalue weighted by Crippen LogP contribution is -2.23. The van der Waals surface area contributed by atoms with Crippen LogP contribution in [0.4, 0.5) is 0 Å². The van der Waals surface area contributed by atoms with E-state index in [9.17, 15) is 9.59 Å². The van der Waals surface area contributed by atoms with Crippen molar-refractivity contribution in [1.29, 1.82) is 0 Å². The van der Waals surface area contributed by atoms with E-state index in [0.29, 0.717) is 6.42 Å². The highest BCUT2D eigenvalue weighted by atomic mass is 16.4. The van der Waals surface area contributed by atoms with E-state index >= 15 is 0 Å². The Morgan fingerprint density at radius 1 is 0.583 bits per heavy atom. The lowest BCUT2D eigenvalue weighted by atomic mass is 10.00. The minimum absolute atomic E-state index is 0.246. The summed E-state index contributed by atoms with van der Waals surface area (Å²) in [5.41, 5.74) is 5.47. The summed E-state index contributed by atoms with van der Waals surface area (Å²) in [5.74, 6) is -3.68. The molecule has 0 aliphatic heterocycles. The molecule has 0 aliphatic carbocycles. The Morgan fingerprint density at radius 3 is 1.17 bits per heavy atom. The van der Waals surface area contributed by atoms with Gasteiger partial charge < -0.3 is 15.9 Å². The van der Waals surface area contributed by atoms with Crippen LogP contribution in [0.25, 0.3) is 0 Å². The van der Waals surface area contributed by atoms with Crippen LogP contribution in [0.1, 0.15) is 96.3 Å². The first-order chi connectivity index (χ1) is 11.6. The highest BCUT2D eigenvalue weighted by molar-refractivity contribution is 5.92. The van der Waals surface area contributed by atoms with Crippen LogP contribution in [0.3, 0.4) is 0 Å². The molecule has 0 spiro atoms. The molecule has 5 nitrogen and oxygen atoms in total. The highest BCUT2D eigenvalue weighted by Gasteiger charge is 2.24. The van der Waals surface area contributed by atoms with Crippen molar-refractivity contribution in [2.24, 2.45) is 11.7 Å². The van der Waals surface area contributed by atoms with Gasteiger partial charge in [0.25, 0.3) is 0 Å². The number of carboxylic acids is 2. The molecule has 142 valence electrons. The maximum absolute atomic E-state index is 10.7. The third-order valence-corrected chi connectivity index (χ3v) is 4.54. The Balaban J connectivity index is 3.23. The normalized spacial score (nSPS) is 11.1. The number of aliphatic carboxylic acids is 2. The summed E-state index contributed by atoms with van der Waals surface area (Å²) in [6.45, 7) is 0.819. The van der Waals surface area contributed by atoms with Crippen molar-refractivity contribution in [3.8, 4) is 0 Å². The van der Waals surface area contributed by atoms with Gasteiger partial charge in [-0.15, -0.1) is 0 Å². The summed E-state index contributed by atoms with van der Waals surface area (Å²) in [6.07, 6.45) is 17.0. The first-order valence-corrected chi connectivity index (χ1v) is 9.75. The molecule has 0 heterocycles. The summed E-state index contributed by atoms with van der Waals surface area (Å²) >= 11 is 0. The van der Waals surface area contributed by atoms with E-state index in [1.165, 1.54) is 64.2 Å². The van der Waals surface area contributed by atoms with Crippen molar-refractivity contribution in [2.75, 3.05) is 6.54 Å². The molecule has 5 heteroatoms. The second-order valence-electron chi connectivity index (χ2n) is 6.76. The zero-order valence-corrected chi connectivity index (χ0v) is 15.2. The van der Waals surface area contributed by atoms with Crippen molar-refractivity contribution in [1.82, 2.24) is 0 Å². The Morgan fingerprint density at radius 2 is 0.875 bits per heavy atom. The number of nitrogens with two attached hydrogens (primary N) is 1. The predicted molar refractivity (Wildman–Crippen MR) is 97.1 cm³/mol. The molecule has 4 N–H and O–H groups in total. The zero-order chi connectivity index (χ0) is 18.0. The maximum atomic E-state index is 10.7. The first kappa shape index (κ1) is 22.9. The summed E-state index contributed by atoms with van der Waals surface area (Å²) in [5, 5.41) is 17.5. The SMILES string of the molecule is NCCCCCCCCCCCCCCCCC(C(=O)O)C(=O)O. The van der Waals surface area contributed by atoms with Crippen molar-refractivity contribution in [2.45, 2.75) is 96.3 Å². The average molecular weight is 344 g/mol. The standard InChI is InChI=1S/C19H37NO4/c20-16-14-12-10-8-6-4-2-1-3-5-7-9-11-13-15-17(18(21)22)19(23)24/h17H,1-16,20H2,(H,21,22)(H,23,24). The number of hydrogen-bond donors (Lipinski definition) is 3. The molecule has 0 amide bonds.